The molecule has 9 rings (SSSR count). The molecule has 3 aliphatic heterocycles. The minimum absolute atomic E-state index is 0.0531. The van der Waals surface area contributed by atoms with Gasteiger partial charge in [-0.05, 0) is 92.0 Å². The maximum atomic E-state index is 14.7. The third-order valence-corrected chi connectivity index (χ3v) is 14.8. The van der Waals surface area contributed by atoms with Crippen molar-refractivity contribution >= 4 is 32.7 Å². The molecule has 6 fully saturated rings. The zero-order valence-corrected chi connectivity index (χ0v) is 29.6. The van der Waals surface area contributed by atoms with Crippen LogP contribution in [0.1, 0.15) is 92.5 Å². The standard InChI is InChI=1S/C39H47N3O7S/c1-47-28-14-11-26(12-15-28)35-34(25-7-3-2-4-8-25)30-16-13-27(36(43)40-50(45,46)29-9-5-6-10-29)19-31(30)41(35)22-38(17-18-38)37(44)42-32-20-48-23-39(32)24-49-21-33(39)42/h11-16,19,25,29,32-33H,2-10,17-18,20-24H2,1H3,(H,40,43). The molecule has 2 unspecified atom stereocenters. The van der Waals surface area contributed by atoms with E-state index in [0.717, 1.165) is 79.3 Å². The quantitative estimate of drug-likeness (QED) is 0.301. The highest BCUT2D eigenvalue weighted by Gasteiger charge is 2.70. The van der Waals surface area contributed by atoms with Gasteiger partial charge in [-0.2, -0.15) is 0 Å². The Kier molecular flexibility index (Phi) is 7.86. The topological polar surface area (TPSA) is 116 Å². The van der Waals surface area contributed by atoms with Crippen LogP contribution in [-0.2, 0) is 30.8 Å². The first-order chi connectivity index (χ1) is 24.2. The van der Waals surface area contributed by atoms with Crippen molar-refractivity contribution in [2.24, 2.45) is 10.8 Å². The van der Waals surface area contributed by atoms with Gasteiger partial charge in [-0.1, -0.05) is 38.2 Å². The Labute approximate surface area is 293 Å². The van der Waals surface area contributed by atoms with Gasteiger partial charge in [0.15, 0.2) is 0 Å². The second-order valence-corrected chi connectivity index (χ2v) is 17.8. The van der Waals surface area contributed by atoms with Gasteiger partial charge >= 0.3 is 0 Å². The lowest BCUT2D eigenvalue weighted by atomic mass is 9.68. The van der Waals surface area contributed by atoms with Gasteiger partial charge < -0.3 is 23.7 Å². The zero-order valence-electron chi connectivity index (χ0n) is 28.8. The first-order valence-corrected chi connectivity index (χ1v) is 20.1. The summed E-state index contributed by atoms with van der Waals surface area (Å²) in [7, 11) is -2.12. The van der Waals surface area contributed by atoms with Gasteiger partial charge in [0.05, 0.1) is 67.4 Å². The number of methoxy groups -OCH3 is 1. The summed E-state index contributed by atoms with van der Waals surface area (Å²) in [6, 6.07) is 13.9. The van der Waals surface area contributed by atoms with Crippen molar-refractivity contribution in [3.05, 3.63) is 53.6 Å². The lowest BCUT2D eigenvalue weighted by Gasteiger charge is -2.56. The van der Waals surface area contributed by atoms with Crippen LogP contribution in [0.3, 0.4) is 0 Å². The molecule has 11 heteroatoms. The molecule has 1 N–H and O–H groups in total. The van der Waals surface area contributed by atoms with E-state index >= 15 is 0 Å². The van der Waals surface area contributed by atoms with Crippen LogP contribution in [0.2, 0.25) is 0 Å². The summed E-state index contributed by atoms with van der Waals surface area (Å²) < 4.78 is 48.4. The Morgan fingerprint density at radius 1 is 0.900 bits per heavy atom. The number of ether oxygens (including phenoxy) is 3. The van der Waals surface area contributed by atoms with Gasteiger partial charge in [-0.3, -0.25) is 9.59 Å². The summed E-state index contributed by atoms with van der Waals surface area (Å²) in [4.78, 5) is 30.4. The van der Waals surface area contributed by atoms with Gasteiger partial charge in [0.2, 0.25) is 15.9 Å². The lowest BCUT2D eigenvalue weighted by Crippen LogP contribution is -2.73. The average Bonchev–Trinajstić information content (AvgIpc) is 3.48. The Balaban J connectivity index is 1.16. The molecular formula is C39H47N3O7S. The molecule has 266 valence electrons. The number of sulfonamides is 1. The van der Waals surface area contributed by atoms with E-state index < -0.39 is 26.6 Å². The molecule has 0 bridgehead atoms. The van der Waals surface area contributed by atoms with Gasteiger partial charge in [0.1, 0.15) is 5.75 Å². The number of aromatic nitrogens is 1. The van der Waals surface area contributed by atoms with E-state index in [9.17, 15) is 18.0 Å². The molecular weight excluding hydrogens is 655 g/mol. The van der Waals surface area contributed by atoms with Crippen molar-refractivity contribution in [3.63, 3.8) is 0 Å². The second kappa shape index (κ2) is 12.1. The molecule has 6 aliphatic rings. The average molecular weight is 702 g/mol. The van der Waals surface area contributed by atoms with Gasteiger partial charge in [0, 0.05) is 23.0 Å². The predicted octanol–water partition coefficient (Wildman–Crippen LogP) is 5.77. The molecule has 1 aromatic heterocycles. The van der Waals surface area contributed by atoms with Crippen LogP contribution in [0.5, 0.6) is 5.75 Å². The Hall–Kier alpha value is -3.41. The maximum Gasteiger partial charge on any atom is 0.264 e. The number of hydrogen-bond acceptors (Lipinski definition) is 7. The number of likely N-dealkylation sites (tertiary alicyclic amines) is 1. The smallest absolute Gasteiger partial charge is 0.264 e. The van der Waals surface area contributed by atoms with E-state index in [1.165, 1.54) is 12.0 Å². The van der Waals surface area contributed by atoms with Crippen LogP contribution in [0, 0.1) is 10.8 Å². The molecule has 3 aromatic rings. The molecule has 1 spiro atoms. The molecule has 10 nitrogen and oxygen atoms in total. The summed E-state index contributed by atoms with van der Waals surface area (Å²) in [5.74, 6) is 0.677. The number of hydrogen-bond donors (Lipinski definition) is 1. The number of carbonyl (C=O) groups is 2. The minimum atomic E-state index is -3.78. The first kappa shape index (κ1) is 32.5. The highest BCUT2D eigenvalue weighted by atomic mass is 32.2. The van der Waals surface area contributed by atoms with Crippen LogP contribution in [-0.4, -0.2) is 80.6 Å². The number of nitrogens with one attached hydrogen (secondary N) is 1. The summed E-state index contributed by atoms with van der Waals surface area (Å²) >= 11 is 0. The molecule has 3 saturated carbocycles. The van der Waals surface area contributed by atoms with E-state index in [4.69, 9.17) is 14.2 Å². The molecule has 50 heavy (non-hydrogen) atoms. The molecule has 4 heterocycles. The largest absolute Gasteiger partial charge is 0.497 e. The van der Waals surface area contributed by atoms with Gasteiger partial charge in [-0.15, -0.1) is 0 Å². The van der Waals surface area contributed by atoms with Crippen molar-refractivity contribution in [1.29, 1.82) is 0 Å². The monoisotopic (exact) mass is 701 g/mol. The molecule has 3 aliphatic carbocycles. The van der Waals surface area contributed by atoms with Crippen LogP contribution in [0.4, 0.5) is 0 Å². The zero-order chi connectivity index (χ0) is 34.3. The normalized spacial score (nSPS) is 27.6. The highest BCUT2D eigenvalue weighted by Crippen LogP contribution is 2.58. The highest BCUT2D eigenvalue weighted by molar-refractivity contribution is 7.90. The second-order valence-electron chi connectivity index (χ2n) is 15.8. The SMILES string of the molecule is COc1ccc(-c2c(C3CCCCC3)c3ccc(C(=O)NS(=O)(=O)C4CCCC4)cc3n2CC2(C(=O)N3C4COCC45COCC35)CC2)cc1. The van der Waals surface area contributed by atoms with Crippen LogP contribution >= 0.6 is 0 Å². The van der Waals surface area contributed by atoms with Crippen molar-refractivity contribution < 1.29 is 32.2 Å². The summed E-state index contributed by atoms with van der Waals surface area (Å²) in [6.07, 6.45) is 10.1. The maximum absolute atomic E-state index is 14.7. The number of benzene rings is 2. The van der Waals surface area contributed by atoms with Crippen molar-refractivity contribution in [3.8, 4) is 17.0 Å². The number of rotatable bonds is 9. The number of carbonyl (C=O) groups excluding carboxylic acids is 2. The molecule has 0 radical (unpaired) electrons. The van der Waals surface area contributed by atoms with E-state index in [0.29, 0.717) is 57.3 Å². The molecule has 2 amide bonds. The number of nitrogens with zero attached hydrogens (tertiary/aromatic N) is 2. The van der Waals surface area contributed by atoms with E-state index in [1.807, 2.05) is 24.3 Å². The third kappa shape index (κ3) is 5.05. The number of fused-ring (bicyclic) bond motifs is 1. The molecule has 2 aromatic carbocycles. The molecule has 3 saturated heterocycles. The van der Waals surface area contributed by atoms with Crippen LogP contribution < -0.4 is 9.46 Å². The van der Waals surface area contributed by atoms with Gasteiger partial charge in [0.25, 0.3) is 5.91 Å². The van der Waals surface area contributed by atoms with E-state index in [-0.39, 0.29) is 23.4 Å². The fourth-order valence-corrected chi connectivity index (χ4v) is 11.5. The van der Waals surface area contributed by atoms with Crippen LogP contribution in [0.25, 0.3) is 22.2 Å². The third-order valence-electron chi connectivity index (χ3n) is 13.0. The molecule has 2 atom stereocenters. The Bertz CT molecular complexity index is 1920. The Morgan fingerprint density at radius 2 is 1.56 bits per heavy atom. The lowest BCUT2D eigenvalue weighted by molar-refractivity contribution is -0.163. The van der Waals surface area contributed by atoms with E-state index in [1.54, 1.807) is 13.2 Å². The van der Waals surface area contributed by atoms with E-state index in [2.05, 4.69) is 26.3 Å². The minimum Gasteiger partial charge on any atom is -0.497 e. The fraction of sp³-hybridized carbons (Fsp3) is 0.590. The summed E-state index contributed by atoms with van der Waals surface area (Å²) in [5, 5.41) is 0.535. The van der Waals surface area contributed by atoms with Crippen molar-refractivity contribution in [1.82, 2.24) is 14.2 Å². The first-order valence-electron chi connectivity index (χ1n) is 18.6. The van der Waals surface area contributed by atoms with Crippen LogP contribution in [0.15, 0.2) is 42.5 Å². The number of amides is 2. The summed E-state index contributed by atoms with van der Waals surface area (Å²) in [6.45, 7) is 2.88. The van der Waals surface area contributed by atoms with Gasteiger partial charge in [-0.25, -0.2) is 13.1 Å². The van der Waals surface area contributed by atoms with Crippen molar-refractivity contribution in [2.75, 3.05) is 33.5 Å². The van der Waals surface area contributed by atoms with Crippen molar-refractivity contribution in [2.45, 2.75) is 100 Å². The summed E-state index contributed by atoms with van der Waals surface area (Å²) in [5.41, 5.74) is 3.91. The Morgan fingerprint density at radius 3 is 2.20 bits per heavy atom. The fourth-order valence-electron chi connectivity index (χ4n) is 10.0. The predicted molar refractivity (Wildman–Crippen MR) is 189 cm³/mol.